The van der Waals surface area contributed by atoms with E-state index in [4.69, 9.17) is 0 Å². The zero-order chi connectivity index (χ0) is 16.2. The number of hydrogen-bond acceptors (Lipinski definition) is 2. The summed E-state index contributed by atoms with van der Waals surface area (Å²) in [5.41, 5.74) is 3.36. The van der Waals surface area contributed by atoms with Crippen LogP contribution in [0.15, 0.2) is 62.1 Å². The molecule has 0 fully saturated rings. The summed E-state index contributed by atoms with van der Waals surface area (Å²) in [6.07, 6.45) is 8.87. The Balaban J connectivity index is 1.93. The van der Waals surface area contributed by atoms with Gasteiger partial charge in [0, 0.05) is 42.6 Å². The number of nitrogens with one attached hydrogen (secondary N) is 2. The Morgan fingerprint density at radius 1 is 1.22 bits per heavy atom. The van der Waals surface area contributed by atoms with E-state index < -0.39 is 0 Å². The van der Waals surface area contributed by atoms with Crippen molar-refractivity contribution in [3.8, 4) is 11.1 Å². The third-order valence-electron chi connectivity index (χ3n) is 3.67. The second-order valence-electron chi connectivity index (χ2n) is 5.19. The predicted molar refractivity (Wildman–Crippen MR) is 92.2 cm³/mol. The molecule has 3 aromatic heterocycles. The average Bonchev–Trinajstić information content (AvgIpc) is 3.22. The Morgan fingerprint density at radius 3 is 2.74 bits per heavy atom. The van der Waals surface area contributed by atoms with E-state index in [1.807, 2.05) is 30.6 Å². The van der Waals surface area contributed by atoms with Crippen molar-refractivity contribution in [2.75, 3.05) is 13.1 Å². The van der Waals surface area contributed by atoms with Gasteiger partial charge in [-0.2, -0.15) is 0 Å². The Bertz CT molecular complexity index is 849. The molecule has 0 saturated heterocycles. The van der Waals surface area contributed by atoms with Gasteiger partial charge in [-0.1, -0.05) is 12.2 Å². The first kappa shape index (κ1) is 14.8. The van der Waals surface area contributed by atoms with Crippen LogP contribution in [0.25, 0.3) is 22.2 Å². The van der Waals surface area contributed by atoms with E-state index in [0.717, 1.165) is 22.2 Å². The van der Waals surface area contributed by atoms with E-state index in [0.29, 0.717) is 18.8 Å². The molecule has 23 heavy (non-hydrogen) atoms. The number of H-pyrrole nitrogens is 2. The van der Waals surface area contributed by atoms with Crippen molar-refractivity contribution in [1.29, 1.82) is 0 Å². The van der Waals surface area contributed by atoms with Crippen molar-refractivity contribution in [3.05, 3.63) is 67.8 Å². The molecule has 0 bridgehead atoms. The first-order valence-electron chi connectivity index (χ1n) is 7.36. The van der Waals surface area contributed by atoms with Gasteiger partial charge in [-0.3, -0.25) is 4.79 Å². The molecule has 5 heteroatoms. The molecular formula is C18H18N4O. The fourth-order valence-corrected chi connectivity index (χ4v) is 2.61. The lowest BCUT2D eigenvalue weighted by Crippen LogP contribution is -2.31. The molecule has 3 heterocycles. The lowest BCUT2D eigenvalue weighted by Gasteiger charge is -2.18. The maximum absolute atomic E-state index is 12.6. The van der Waals surface area contributed by atoms with Crippen LogP contribution >= 0.6 is 0 Å². The van der Waals surface area contributed by atoms with Crippen LogP contribution in [0.5, 0.6) is 0 Å². The van der Waals surface area contributed by atoms with Crippen LogP contribution in [0.1, 0.15) is 10.5 Å². The first-order valence-corrected chi connectivity index (χ1v) is 7.36. The largest absolute Gasteiger partial charge is 0.357 e. The number of hydrogen-bond donors (Lipinski definition) is 2. The molecule has 0 aliphatic heterocycles. The number of amides is 1. The number of pyridine rings is 1. The molecule has 0 aromatic carbocycles. The quantitative estimate of drug-likeness (QED) is 0.686. The average molecular weight is 306 g/mol. The molecule has 0 spiro atoms. The van der Waals surface area contributed by atoms with Gasteiger partial charge in [0.2, 0.25) is 0 Å². The van der Waals surface area contributed by atoms with Crippen LogP contribution in [0, 0.1) is 0 Å². The minimum Gasteiger partial charge on any atom is -0.357 e. The van der Waals surface area contributed by atoms with E-state index in [-0.39, 0.29) is 5.91 Å². The topological polar surface area (TPSA) is 64.8 Å². The van der Waals surface area contributed by atoms with E-state index in [9.17, 15) is 4.79 Å². The molecule has 0 radical (unpaired) electrons. The summed E-state index contributed by atoms with van der Waals surface area (Å²) < 4.78 is 0. The lowest BCUT2D eigenvalue weighted by atomic mass is 10.1. The SMILES string of the molecule is C=CCN(CC=C)C(=O)c1cc(-c2ccnc3[nH]ccc23)c[nH]1. The van der Waals surface area contributed by atoms with E-state index in [1.54, 1.807) is 23.2 Å². The van der Waals surface area contributed by atoms with E-state index >= 15 is 0 Å². The zero-order valence-corrected chi connectivity index (χ0v) is 12.7. The summed E-state index contributed by atoms with van der Waals surface area (Å²) >= 11 is 0. The Morgan fingerprint density at radius 2 is 2.00 bits per heavy atom. The van der Waals surface area contributed by atoms with Crippen molar-refractivity contribution < 1.29 is 4.79 Å². The molecule has 0 unspecified atom stereocenters. The zero-order valence-electron chi connectivity index (χ0n) is 12.7. The van der Waals surface area contributed by atoms with Crippen molar-refractivity contribution in [1.82, 2.24) is 19.9 Å². The maximum atomic E-state index is 12.6. The summed E-state index contributed by atoms with van der Waals surface area (Å²) in [5.74, 6) is -0.0737. The van der Waals surface area contributed by atoms with Gasteiger partial charge in [0.05, 0.1) is 0 Å². The number of aromatic amines is 2. The van der Waals surface area contributed by atoms with Crippen molar-refractivity contribution >= 4 is 16.9 Å². The van der Waals surface area contributed by atoms with Crippen LogP contribution in [0.3, 0.4) is 0 Å². The highest BCUT2D eigenvalue weighted by Crippen LogP contribution is 2.27. The molecule has 5 nitrogen and oxygen atoms in total. The molecule has 0 saturated carbocycles. The first-order chi connectivity index (χ1) is 11.2. The van der Waals surface area contributed by atoms with Gasteiger partial charge in [-0.05, 0) is 23.8 Å². The standard InChI is InChI=1S/C18H18N4O/c1-3-9-22(10-4-2)18(23)16-11-13(12-21-16)14-5-7-19-17-15(14)6-8-20-17/h3-8,11-12,21H,1-2,9-10H2,(H,19,20). The summed E-state index contributed by atoms with van der Waals surface area (Å²) in [7, 11) is 0. The third-order valence-corrected chi connectivity index (χ3v) is 3.67. The predicted octanol–water partition coefficient (Wildman–Crippen LogP) is 3.37. The van der Waals surface area contributed by atoms with Crippen molar-refractivity contribution in [2.24, 2.45) is 0 Å². The van der Waals surface area contributed by atoms with Crippen LogP contribution in [0.2, 0.25) is 0 Å². The van der Waals surface area contributed by atoms with Crippen LogP contribution in [0.4, 0.5) is 0 Å². The fraction of sp³-hybridized carbons (Fsp3) is 0.111. The highest BCUT2D eigenvalue weighted by molar-refractivity contribution is 5.97. The van der Waals surface area contributed by atoms with Crippen molar-refractivity contribution in [3.63, 3.8) is 0 Å². The summed E-state index contributed by atoms with van der Waals surface area (Å²) in [6, 6.07) is 5.79. The van der Waals surface area contributed by atoms with Gasteiger partial charge in [0.25, 0.3) is 5.91 Å². The van der Waals surface area contributed by atoms with Crippen LogP contribution < -0.4 is 0 Å². The molecule has 116 valence electrons. The van der Waals surface area contributed by atoms with E-state index in [2.05, 4.69) is 28.1 Å². The summed E-state index contributed by atoms with van der Waals surface area (Å²) in [5, 5.41) is 1.03. The second-order valence-corrected chi connectivity index (χ2v) is 5.19. The minimum absolute atomic E-state index is 0.0737. The van der Waals surface area contributed by atoms with Gasteiger partial charge in [-0.25, -0.2) is 4.98 Å². The number of rotatable bonds is 6. The summed E-state index contributed by atoms with van der Waals surface area (Å²) in [4.78, 5) is 24.7. The van der Waals surface area contributed by atoms with Gasteiger partial charge >= 0.3 is 0 Å². The van der Waals surface area contributed by atoms with Gasteiger partial charge < -0.3 is 14.9 Å². The highest BCUT2D eigenvalue weighted by atomic mass is 16.2. The lowest BCUT2D eigenvalue weighted by molar-refractivity contribution is 0.0786. The molecule has 0 atom stereocenters. The number of aromatic nitrogens is 3. The van der Waals surface area contributed by atoms with Gasteiger partial charge in [0.1, 0.15) is 11.3 Å². The Hall–Kier alpha value is -3.08. The smallest absolute Gasteiger partial charge is 0.270 e. The molecular weight excluding hydrogens is 288 g/mol. The Labute approximate surface area is 134 Å². The maximum Gasteiger partial charge on any atom is 0.270 e. The normalized spacial score (nSPS) is 10.6. The number of carbonyl (C=O) groups excluding carboxylic acids is 1. The number of fused-ring (bicyclic) bond motifs is 1. The Kier molecular flexibility index (Phi) is 4.10. The van der Waals surface area contributed by atoms with Crippen LogP contribution in [-0.2, 0) is 0 Å². The molecule has 1 amide bonds. The molecule has 0 aliphatic carbocycles. The molecule has 3 aromatic rings. The third kappa shape index (κ3) is 2.81. The highest BCUT2D eigenvalue weighted by Gasteiger charge is 2.16. The number of nitrogens with zero attached hydrogens (tertiary/aromatic N) is 2. The van der Waals surface area contributed by atoms with E-state index in [1.165, 1.54) is 0 Å². The van der Waals surface area contributed by atoms with Crippen molar-refractivity contribution in [2.45, 2.75) is 0 Å². The molecule has 2 N–H and O–H groups in total. The minimum atomic E-state index is -0.0737. The number of carbonyl (C=O) groups is 1. The monoisotopic (exact) mass is 306 g/mol. The van der Waals surface area contributed by atoms with Gasteiger partial charge in [-0.15, -0.1) is 13.2 Å². The van der Waals surface area contributed by atoms with Crippen LogP contribution in [-0.4, -0.2) is 38.8 Å². The molecule has 3 rings (SSSR count). The summed E-state index contributed by atoms with van der Waals surface area (Å²) in [6.45, 7) is 8.35. The second kappa shape index (κ2) is 6.36. The fourth-order valence-electron chi connectivity index (χ4n) is 2.61. The van der Waals surface area contributed by atoms with Gasteiger partial charge in [0.15, 0.2) is 0 Å². The molecule has 0 aliphatic rings.